The molecule has 0 spiro atoms. The summed E-state index contributed by atoms with van der Waals surface area (Å²) in [5.74, 6) is -0.810. The molecule has 1 aliphatic rings. The number of halogens is 3. The van der Waals surface area contributed by atoms with Gasteiger partial charge in [-0.25, -0.2) is 14.8 Å². The highest BCUT2D eigenvalue weighted by atomic mass is 19.4. The Morgan fingerprint density at radius 1 is 1.04 bits per heavy atom. The van der Waals surface area contributed by atoms with Gasteiger partial charge in [0.25, 0.3) is 5.91 Å². The standard InChI is InChI=1S/C18H17F3N4O3/c19-18(20,21)14-4-1-3-13(11-14)16(27)28-12-15(26)24-7-9-25(10-8-24)17-22-5-2-6-23-17/h1-6,11H,7-10,12H2. The molecule has 0 aliphatic carbocycles. The molecule has 148 valence electrons. The molecule has 0 atom stereocenters. The van der Waals surface area contributed by atoms with Crippen LogP contribution in [0.5, 0.6) is 0 Å². The average molecular weight is 394 g/mol. The molecular weight excluding hydrogens is 377 g/mol. The zero-order chi connectivity index (χ0) is 20.1. The average Bonchev–Trinajstić information content (AvgIpc) is 2.72. The fourth-order valence-electron chi connectivity index (χ4n) is 2.73. The van der Waals surface area contributed by atoms with E-state index < -0.39 is 30.2 Å². The highest BCUT2D eigenvalue weighted by Gasteiger charge is 2.31. The van der Waals surface area contributed by atoms with Crippen LogP contribution in [0.15, 0.2) is 42.7 Å². The van der Waals surface area contributed by atoms with Crippen LogP contribution in [-0.2, 0) is 15.7 Å². The van der Waals surface area contributed by atoms with Crippen molar-refractivity contribution in [1.29, 1.82) is 0 Å². The molecule has 2 aromatic rings. The van der Waals surface area contributed by atoms with E-state index in [-0.39, 0.29) is 5.56 Å². The fourth-order valence-corrected chi connectivity index (χ4v) is 2.73. The quantitative estimate of drug-likeness (QED) is 0.739. The van der Waals surface area contributed by atoms with Crippen LogP contribution in [0, 0.1) is 0 Å². The van der Waals surface area contributed by atoms with Crippen LogP contribution in [0.1, 0.15) is 15.9 Å². The second kappa shape index (κ2) is 8.24. The first-order valence-electron chi connectivity index (χ1n) is 8.49. The Morgan fingerprint density at radius 2 is 1.71 bits per heavy atom. The van der Waals surface area contributed by atoms with Crippen LogP contribution < -0.4 is 4.90 Å². The molecule has 1 aromatic carbocycles. The van der Waals surface area contributed by atoms with Gasteiger partial charge in [0.05, 0.1) is 11.1 Å². The third-order valence-corrected chi connectivity index (χ3v) is 4.22. The van der Waals surface area contributed by atoms with E-state index in [4.69, 9.17) is 4.74 Å². The topological polar surface area (TPSA) is 75.6 Å². The van der Waals surface area contributed by atoms with E-state index in [0.717, 1.165) is 12.1 Å². The summed E-state index contributed by atoms with van der Waals surface area (Å²) in [7, 11) is 0. The van der Waals surface area contributed by atoms with Crippen molar-refractivity contribution in [2.75, 3.05) is 37.7 Å². The molecule has 7 nitrogen and oxygen atoms in total. The van der Waals surface area contributed by atoms with Crippen molar-refractivity contribution in [1.82, 2.24) is 14.9 Å². The van der Waals surface area contributed by atoms with Crippen molar-refractivity contribution < 1.29 is 27.5 Å². The van der Waals surface area contributed by atoms with Crippen LogP contribution in [-0.4, -0.2) is 59.5 Å². The maximum absolute atomic E-state index is 12.7. The number of esters is 1. The monoisotopic (exact) mass is 394 g/mol. The zero-order valence-electron chi connectivity index (χ0n) is 14.7. The Labute approximate surface area is 158 Å². The van der Waals surface area contributed by atoms with E-state index in [9.17, 15) is 22.8 Å². The van der Waals surface area contributed by atoms with Crippen molar-refractivity contribution in [2.24, 2.45) is 0 Å². The van der Waals surface area contributed by atoms with Crippen molar-refractivity contribution in [3.05, 3.63) is 53.9 Å². The van der Waals surface area contributed by atoms with E-state index in [2.05, 4.69) is 9.97 Å². The predicted octanol–water partition coefficient (Wildman–Crippen LogP) is 2.00. The van der Waals surface area contributed by atoms with E-state index in [0.29, 0.717) is 38.2 Å². The molecule has 1 fully saturated rings. The molecule has 3 rings (SSSR count). The molecule has 1 aromatic heterocycles. The van der Waals surface area contributed by atoms with Gasteiger partial charge in [0, 0.05) is 38.6 Å². The molecule has 1 amide bonds. The van der Waals surface area contributed by atoms with Gasteiger partial charge in [0.15, 0.2) is 6.61 Å². The first-order valence-corrected chi connectivity index (χ1v) is 8.49. The predicted molar refractivity (Wildman–Crippen MR) is 92.6 cm³/mol. The van der Waals surface area contributed by atoms with E-state index in [1.165, 1.54) is 11.0 Å². The van der Waals surface area contributed by atoms with E-state index >= 15 is 0 Å². The molecule has 1 aliphatic heterocycles. The van der Waals surface area contributed by atoms with Crippen LogP contribution in [0.4, 0.5) is 19.1 Å². The summed E-state index contributed by atoms with van der Waals surface area (Å²) in [4.78, 5) is 35.9. The summed E-state index contributed by atoms with van der Waals surface area (Å²) in [5.41, 5.74) is -1.21. The SMILES string of the molecule is O=C(OCC(=O)N1CCN(c2ncccn2)CC1)c1cccc(C(F)(F)F)c1. The minimum Gasteiger partial charge on any atom is -0.452 e. The second-order valence-electron chi connectivity index (χ2n) is 6.07. The third-order valence-electron chi connectivity index (χ3n) is 4.22. The number of carbonyl (C=O) groups excluding carboxylic acids is 2. The number of piperazine rings is 1. The van der Waals surface area contributed by atoms with Gasteiger partial charge in [0.2, 0.25) is 5.95 Å². The van der Waals surface area contributed by atoms with Gasteiger partial charge in [-0.2, -0.15) is 13.2 Å². The first kappa shape index (κ1) is 19.6. The lowest BCUT2D eigenvalue weighted by atomic mass is 10.1. The Balaban J connectivity index is 1.50. The highest BCUT2D eigenvalue weighted by Crippen LogP contribution is 2.29. The van der Waals surface area contributed by atoms with Crippen LogP contribution in [0.2, 0.25) is 0 Å². The number of anilines is 1. The minimum atomic E-state index is -4.56. The van der Waals surface area contributed by atoms with Gasteiger partial charge in [-0.15, -0.1) is 0 Å². The largest absolute Gasteiger partial charge is 0.452 e. The molecule has 0 radical (unpaired) electrons. The summed E-state index contributed by atoms with van der Waals surface area (Å²) in [5, 5.41) is 0. The summed E-state index contributed by atoms with van der Waals surface area (Å²) in [6.07, 6.45) is -1.30. The van der Waals surface area contributed by atoms with Crippen LogP contribution >= 0.6 is 0 Å². The molecule has 28 heavy (non-hydrogen) atoms. The van der Waals surface area contributed by atoms with Crippen molar-refractivity contribution >= 4 is 17.8 Å². The van der Waals surface area contributed by atoms with Crippen LogP contribution in [0.25, 0.3) is 0 Å². The number of benzene rings is 1. The number of rotatable bonds is 4. The maximum atomic E-state index is 12.7. The summed E-state index contributed by atoms with van der Waals surface area (Å²) in [6.45, 7) is 1.32. The highest BCUT2D eigenvalue weighted by molar-refractivity contribution is 5.91. The number of aromatic nitrogens is 2. The first-order chi connectivity index (χ1) is 13.3. The molecule has 2 heterocycles. The normalized spacial score (nSPS) is 14.7. The van der Waals surface area contributed by atoms with Gasteiger partial charge in [-0.1, -0.05) is 6.07 Å². The Morgan fingerprint density at radius 3 is 2.36 bits per heavy atom. The van der Waals surface area contributed by atoms with Gasteiger partial charge in [-0.05, 0) is 24.3 Å². The molecule has 0 saturated carbocycles. The fraction of sp³-hybridized carbons (Fsp3) is 0.333. The second-order valence-corrected chi connectivity index (χ2v) is 6.07. The Bertz CT molecular complexity index is 837. The smallest absolute Gasteiger partial charge is 0.416 e. The maximum Gasteiger partial charge on any atom is 0.416 e. The number of carbonyl (C=O) groups is 2. The van der Waals surface area contributed by atoms with Crippen LogP contribution in [0.3, 0.4) is 0 Å². The lowest BCUT2D eigenvalue weighted by Gasteiger charge is -2.34. The number of alkyl halides is 3. The van der Waals surface area contributed by atoms with Gasteiger partial charge in [0.1, 0.15) is 0 Å². The summed E-state index contributed by atoms with van der Waals surface area (Å²) >= 11 is 0. The zero-order valence-corrected chi connectivity index (χ0v) is 14.7. The number of hydrogen-bond acceptors (Lipinski definition) is 6. The summed E-state index contributed by atoms with van der Waals surface area (Å²) in [6, 6.07) is 5.60. The number of ether oxygens (including phenoxy) is 1. The van der Waals surface area contributed by atoms with Gasteiger partial charge < -0.3 is 14.5 Å². The lowest BCUT2D eigenvalue weighted by molar-refractivity contribution is -0.138. The third kappa shape index (κ3) is 4.76. The number of nitrogens with zero attached hydrogens (tertiary/aromatic N) is 4. The molecule has 10 heteroatoms. The Hall–Kier alpha value is -3.17. The molecule has 1 saturated heterocycles. The number of amides is 1. The van der Waals surface area contributed by atoms with E-state index in [1.807, 2.05) is 4.90 Å². The molecule has 0 bridgehead atoms. The van der Waals surface area contributed by atoms with E-state index in [1.54, 1.807) is 18.5 Å². The molecule has 0 unspecified atom stereocenters. The van der Waals surface area contributed by atoms with Gasteiger partial charge >= 0.3 is 12.1 Å². The lowest BCUT2D eigenvalue weighted by Crippen LogP contribution is -2.50. The van der Waals surface area contributed by atoms with Crippen molar-refractivity contribution in [3.63, 3.8) is 0 Å². The van der Waals surface area contributed by atoms with Crippen molar-refractivity contribution in [3.8, 4) is 0 Å². The minimum absolute atomic E-state index is 0.256. The van der Waals surface area contributed by atoms with Crippen molar-refractivity contribution in [2.45, 2.75) is 6.18 Å². The van der Waals surface area contributed by atoms with Gasteiger partial charge in [-0.3, -0.25) is 4.79 Å². The molecular formula is C18H17F3N4O3. The summed E-state index contributed by atoms with van der Waals surface area (Å²) < 4.78 is 43.0. The Kier molecular flexibility index (Phi) is 5.76. The molecule has 0 N–H and O–H groups in total. The number of hydrogen-bond donors (Lipinski definition) is 0.